The molecule has 61 heavy (non-hydrogen) atoms. The van der Waals surface area contributed by atoms with Gasteiger partial charge in [0.05, 0.1) is 6.61 Å². The molecule has 1 aliphatic rings. The lowest BCUT2D eigenvalue weighted by Gasteiger charge is -2.40. The molecule has 0 aromatic heterocycles. The Morgan fingerprint density at radius 2 is 0.836 bits per heavy atom. The molecule has 1 heterocycles. The zero-order valence-electron chi connectivity index (χ0n) is 38.8. The topological polar surface area (TPSA) is 186 Å². The van der Waals surface area contributed by atoms with Crippen LogP contribution in [-0.4, -0.2) is 96.0 Å². The number of unbranched alkanes of at least 4 members (excludes halogenated alkanes) is 31. The summed E-state index contributed by atoms with van der Waals surface area (Å²) in [6.07, 6.45) is 31.6. The first-order valence-corrected chi connectivity index (χ1v) is 26.7. The van der Waals surface area contributed by atoms with Crippen molar-refractivity contribution in [2.45, 2.75) is 275 Å². The summed E-state index contributed by atoms with van der Waals surface area (Å²) in [5.74, 6) is -1.96. The maximum Gasteiger partial charge on any atom is 0.306 e. The number of hydrogen-bond donors (Lipinski definition) is 4. The van der Waals surface area contributed by atoms with Crippen LogP contribution in [0.5, 0.6) is 0 Å². The lowest BCUT2D eigenvalue weighted by atomic mass is 10.00. The van der Waals surface area contributed by atoms with Gasteiger partial charge in [0.2, 0.25) is 0 Å². The highest BCUT2D eigenvalue weighted by Crippen LogP contribution is 2.24. The number of ether oxygens (including phenoxy) is 4. The van der Waals surface area contributed by atoms with Gasteiger partial charge in [0.15, 0.2) is 12.4 Å². The van der Waals surface area contributed by atoms with Crippen molar-refractivity contribution in [3.63, 3.8) is 0 Å². The Kier molecular flexibility index (Phi) is 36.9. The second-order valence-electron chi connectivity index (χ2n) is 17.9. The second-order valence-corrected chi connectivity index (χ2v) is 19.3. The van der Waals surface area contributed by atoms with E-state index in [4.69, 9.17) is 18.9 Å². The van der Waals surface area contributed by atoms with Crippen LogP contribution >= 0.6 is 0 Å². The van der Waals surface area contributed by atoms with Gasteiger partial charge in [0.25, 0.3) is 10.1 Å². The molecule has 0 amide bonds. The standard InChI is InChI=1S/C48H92O12S/c1-3-5-7-9-11-13-15-16-17-18-19-20-21-22-23-24-25-27-28-30-32-34-36-43(49)57-38-41(59-44(50)37-35-33-31-29-26-14-12-10-8-6-4-2)39-58-48-47(53)46(52)45(51)42(60-48)40-61(54,55)56/h41-42,45-48,51-53H,3-40H2,1-2H3,(H,54,55,56)/t41-,42-,45-,46?,47?,48+/m1/s1. The van der Waals surface area contributed by atoms with E-state index in [-0.39, 0.29) is 19.4 Å². The summed E-state index contributed by atoms with van der Waals surface area (Å²) >= 11 is 0. The van der Waals surface area contributed by atoms with Gasteiger partial charge in [-0.25, -0.2) is 0 Å². The lowest BCUT2D eigenvalue weighted by molar-refractivity contribution is -0.297. The molecule has 362 valence electrons. The molecule has 0 aliphatic carbocycles. The highest BCUT2D eigenvalue weighted by molar-refractivity contribution is 7.85. The van der Waals surface area contributed by atoms with Gasteiger partial charge in [-0.2, -0.15) is 8.42 Å². The molecule has 2 unspecified atom stereocenters. The van der Waals surface area contributed by atoms with Crippen molar-refractivity contribution >= 4 is 22.1 Å². The fourth-order valence-corrected chi connectivity index (χ4v) is 8.72. The van der Waals surface area contributed by atoms with E-state index in [2.05, 4.69) is 13.8 Å². The maximum absolute atomic E-state index is 12.8. The van der Waals surface area contributed by atoms with Gasteiger partial charge >= 0.3 is 11.9 Å². The summed E-state index contributed by atoms with van der Waals surface area (Å²) < 4.78 is 54.1. The van der Waals surface area contributed by atoms with E-state index < -0.39 is 71.2 Å². The number of carbonyl (C=O) groups excluding carboxylic acids is 2. The predicted molar refractivity (Wildman–Crippen MR) is 243 cm³/mol. The second kappa shape index (κ2) is 39.1. The molecular formula is C48H92O12S. The summed E-state index contributed by atoms with van der Waals surface area (Å²) in [5.41, 5.74) is 0. The number of esters is 2. The Hall–Kier alpha value is -1.35. The first-order valence-electron chi connectivity index (χ1n) is 25.1. The third-order valence-electron chi connectivity index (χ3n) is 11.9. The van der Waals surface area contributed by atoms with E-state index in [1.807, 2.05) is 0 Å². The largest absolute Gasteiger partial charge is 0.462 e. The molecule has 4 N–H and O–H groups in total. The van der Waals surface area contributed by atoms with E-state index in [1.165, 1.54) is 161 Å². The van der Waals surface area contributed by atoms with Crippen molar-refractivity contribution in [2.24, 2.45) is 0 Å². The van der Waals surface area contributed by atoms with Crippen molar-refractivity contribution in [3.8, 4) is 0 Å². The van der Waals surface area contributed by atoms with Crippen LogP contribution in [0.4, 0.5) is 0 Å². The third-order valence-corrected chi connectivity index (χ3v) is 12.7. The van der Waals surface area contributed by atoms with E-state index in [0.29, 0.717) is 12.8 Å². The zero-order chi connectivity index (χ0) is 44.8. The number of carbonyl (C=O) groups is 2. The monoisotopic (exact) mass is 893 g/mol. The van der Waals surface area contributed by atoms with E-state index in [9.17, 15) is 37.9 Å². The Labute approximate surface area is 372 Å². The first kappa shape index (κ1) is 57.7. The maximum atomic E-state index is 12.8. The van der Waals surface area contributed by atoms with Crippen LogP contribution < -0.4 is 0 Å². The van der Waals surface area contributed by atoms with Crippen LogP contribution in [-0.2, 0) is 38.7 Å². The number of aliphatic hydroxyl groups excluding tert-OH is 3. The third kappa shape index (κ3) is 33.8. The molecule has 0 radical (unpaired) electrons. The number of rotatable bonds is 43. The molecule has 0 bridgehead atoms. The lowest BCUT2D eigenvalue weighted by Crippen LogP contribution is -2.60. The summed E-state index contributed by atoms with van der Waals surface area (Å²) in [7, 11) is -4.60. The molecule has 1 saturated heterocycles. The number of hydrogen-bond acceptors (Lipinski definition) is 11. The van der Waals surface area contributed by atoms with Gasteiger partial charge in [-0.3, -0.25) is 14.1 Å². The van der Waals surface area contributed by atoms with Crippen LogP contribution in [0.15, 0.2) is 0 Å². The summed E-state index contributed by atoms with van der Waals surface area (Å²) in [4.78, 5) is 25.4. The quantitative estimate of drug-likeness (QED) is 0.0258. The Balaban J connectivity index is 2.30. The van der Waals surface area contributed by atoms with Crippen molar-refractivity contribution in [3.05, 3.63) is 0 Å². The number of aliphatic hydroxyl groups is 3. The predicted octanol–water partition coefficient (Wildman–Crippen LogP) is 10.8. The van der Waals surface area contributed by atoms with Crippen LogP contribution in [0.25, 0.3) is 0 Å². The molecule has 0 aromatic rings. The van der Waals surface area contributed by atoms with Crippen molar-refractivity contribution in [1.82, 2.24) is 0 Å². The smallest absolute Gasteiger partial charge is 0.306 e. The van der Waals surface area contributed by atoms with Gasteiger partial charge in [-0.05, 0) is 12.8 Å². The van der Waals surface area contributed by atoms with E-state index in [1.54, 1.807) is 0 Å². The van der Waals surface area contributed by atoms with Gasteiger partial charge < -0.3 is 34.3 Å². The van der Waals surface area contributed by atoms with Gasteiger partial charge in [0, 0.05) is 12.8 Å². The SMILES string of the molecule is CCCCCCCCCCCCCCCCCCCCCCCCC(=O)OC[C@H](CO[C@H]1O[C@H](CS(=O)(=O)O)[C@@H](O)C(O)C1O)OC(=O)CCCCCCCCCCCCC. The molecule has 0 spiro atoms. The van der Waals surface area contributed by atoms with Crippen LogP contribution in [0.1, 0.15) is 239 Å². The summed E-state index contributed by atoms with van der Waals surface area (Å²) in [6.45, 7) is 3.78. The van der Waals surface area contributed by atoms with Crippen molar-refractivity contribution in [2.75, 3.05) is 19.0 Å². The molecular weight excluding hydrogens is 801 g/mol. The van der Waals surface area contributed by atoms with Crippen LogP contribution in [0.3, 0.4) is 0 Å². The molecule has 1 aliphatic heterocycles. The molecule has 6 atom stereocenters. The van der Waals surface area contributed by atoms with Crippen molar-refractivity contribution in [1.29, 1.82) is 0 Å². The summed E-state index contributed by atoms with van der Waals surface area (Å²) in [6, 6.07) is 0. The zero-order valence-corrected chi connectivity index (χ0v) is 39.6. The molecule has 0 saturated carbocycles. The Bertz CT molecular complexity index is 1140. The molecule has 1 rings (SSSR count). The highest BCUT2D eigenvalue weighted by atomic mass is 32.2. The average Bonchev–Trinajstić information content (AvgIpc) is 3.22. The van der Waals surface area contributed by atoms with Crippen LogP contribution in [0.2, 0.25) is 0 Å². The van der Waals surface area contributed by atoms with Gasteiger partial charge in [-0.1, -0.05) is 213 Å². The molecule has 13 heteroatoms. The average molecular weight is 893 g/mol. The van der Waals surface area contributed by atoms with Crippen LogP contribution in [0, 0.1) is 0 Å². The summed E-state index contributed by atoms with van der Waals surface area (Å²) in [5, 5.41) is 30.9. The van der Waals surface area contributed by atoms with E-state index in [0.717, 1.165) is 38.5 Å². The highest BCUT2D eigenvalue weighted by Gasteiger charge is 2.46. The molecule has 0 aromatic carbocycles. The molecule has 12 nitrogen and oxygen atoms in total. The minimum absolute atomic E-state index is 0.171. The Morgan fingerprint density at radius 3 is 1.20 bits per heavy atom. The van der Waals surface area contributed by atoms with Gasteiger partial charge in [0.1, 0.15) is 36.8 Å². The minimum atomic E-state index is -4.60. The fraction of sp³-hybridized carbons (Fsp3) is 0.958. The molecule has 1 fully saturated rings. The normalized spacial score (nSPS) is 19.9. The van der Waals surface area contributed by atoms with E-state index >= 15 is 0 Å². The van der Waals surface area contributed by atoms with Gasteiger partial charge in [-0.15, -0.1) is 0 Å². The van der Waals surface area contributed by atoms with Crippen molar-refractivity contribution < 1.29 is 56.8 Å². The fourth-order valence-electron chi connectivity index (χ4n) is 8.03. The first-order chi connectivity index (χ1) is 29.5. The minimum Gasteiger partial charge on any atom is -0.462 e. The Morgan fingerprint density at radius 1 is 0.492 bits per heavy atom.